The fraction of sp³-hybridized carbons (Fsp3) is 0.386. The Bertz CT molecular complexity index is 1740. The van der Waals surface area contributed by atoms with E-state index in [0.29, 0.717) is 56.3 Å². The van der Waals surface area contributed by atoms with Crippen LogP contribution in [-0.4, -0.2) is 61.5 Å². The molecule has 5 amide bonds. The van der Waals surface area contributed by atoms with Crippen molar-refractivity contribution in [3.8, 4) is 23.0 Å². The summed E-state index contributed by atoms with van der Waals surface area (Å²) < 4.78 is 5.64. The van der Waals surface area contributed by atoms with Gasteiger partial charge in [0.15, 0.2) is 0 Å². The van der Waals surface area contributed by atoms with Crippen molar-refractivity contribution in [2.45, 2.75) is 89.6 Å². The van der Waals surface area contributed by atoms with Crippen molar-refractivity contribution in [3.63, 3.8) is 0 Å². The second kappa shape index (κ2) is 26.0. The van der Waals surface area contributed by atoms with E-state index in [0.717, 1.165) is 28.7 Å². The number of ether oxygens (including phenoxy) is 1. The van der Waals surface area contributed by atoms with Gasteiger partial charge in [-0.25, -0.2) is 4.79 Å². The first-order valence-electron chi connectivity index (χ1n) is 19.1. The third-order valence-electron chi connectivity index (χ3n) is 9.03. The Kier molecular flexibility index (Phi) is 21.4. The molecule has 9 N–H and O–H groups in total. The zero-order chi connectivity index (χ0) is 41.3. The number of amides is 5. The topological polar surface area (TPSA) is 209 Å². The summed E-state index contributed by atoms with van der Waals surface area (Å²) in [6, 6.07) is 20.0. The molecule has 0 saturated carbocycles. The molecule has 0 aliphatic heterocycles. The standard InChI is InChI=1S/C35H42N6O6.C7H12.C2H4/c36-19-7-5-14-30(41-35(46)47-21-28-26-11-3-1-9-24(26)25-10-2-4-12-27(25)28)34(45)40-29(32(38)43)13-6-8-20-39-33(44)23-17-15-22(16-18-23)31(37)42;1-3-5-7-6-4-2;1-2/h1-4,9-12,15-18,28-30H,5-8,13-14,19-21,36H2,(H2,37,42)(H2,38,43)(H,39,44)(H,40,45)(H,41,46);3,5,7H2,1-2H3;1-2H2. The summed E-state index contributed by atoms with van der Waals surface area (Å²) in [6.45, 7) is 10.9. The van der Waals surface area contributed by atoms with Crippen LogP contribution in [0.5, 0.6) is 0 Å². The highest BCUT2D eigenvalue weighted by Gasteiger charge is 2.30. The first kappa shape index (κ1) is 46.2. The third kappa shape index (κ3) is 15.1. The van der Waals surface area contributed by atoms with E-state index in [9.17, 15) is 24.0 Å². The molecule has 0 saturated heterocycles. The van der Waals surface area contributed by atoms with Gasteiger partial charge < -0.3 is 37.9 Å². The Hall–Kier alpha value is -5.93. The van der Waals surface area contributed by atoms with E-state index in [2.05, 4.69) is 47.9 Å². The Balaban J connectivity index is 0.00000108. The maximum absolute atomic E-state index is 13.3. The molecule has 1 aliphatic rings. The van der Waals surface area contributed by atoms with Gasteiger partial charge in [0.2, 0.25) is 17.7 Å². The van der Waals surface area contributed by atoms with Gasteiger partial charge in [-0.15, -0.1) is 25.0 Å². The van der Waals surface area contributed by atoms with Crippen LogP contribution in [0.4, 0.5) is 4.79 Å². The number of hydrogen-bond acceptors (Lipinski definition) is 7. The van der Waals surface area contributed by atoms with Gasteiger partial charge >= 0.3 is 6.09 Å². The third-order valence-corrected chi connectivity index (χ3v) is 9.03. The molecule has 3 aromatic rings. The number of carbonyl (C=O) groups is 5. The van der Waals surface area contributed by atoms with Crippen LogP contribution in [0, 0.1) is 11.8 Å². The zero-order valence-corrected chi connectivity index (χ0v) is 32.7. The smallest absolute Gasteiger partial charge is 0.407 e. The summed E-state index contributed by atoms with van der Waals surface area (Å²) in [7, 11) is 0. The van der Waals surface area contributed by atoms with Gasteiger partial charge in [0.1, 0.15) is 18.7 Å². The number of nitrogens with two attached hydrogens (primary N) is 3. The number of primary amides is 2. The fourth-order valence-electron chi connectivity index (χ4n) is 6.06. The van der Waals surface area contributed by atoms with Crippen molar-refractivity contribution in [1.29, 1.82) is 0 Å². The normalized spacial score (nSPS) is 11.9. The van der Waals surface area contributed by atoms with Crippen LogP contribution in [0.1, 0.15) is 109 Å². The van der Waals surface area contributed by atoms with Gasteiger partial charge in [0.05, 0.1) is 0 Å². The molecule has 0 aromatic heterocycles. The average molecular weight is 767 g/mol. The van der Waals surface area contributed by atoms with Crippen LogP contribution in [0.3, 0.4) is 0 Å². The lowest BCUT2D eigenvalue weighted by atomic mass is 9.98. The number of hydrogen-bond donors (Lipinski definition) is 6. The minimum Gasteiger partial charge on any atom is -0.449 e. The van der Waals surface area contributed by atoms with Crippen molar-refractivity contribution in [2.75, 3.05) is 19.7 Å². The number of rotatable bonds is 19. The van der Waals surface area contributed by atoms with E-state index in [-0.39, 0.29) is 24.9 Å². The molecule has 0 radical (unpaired) electrons. The molecule has 0 bridgehead atoms. The summed E-state index contributed by atoms with van der Waals surface area (Å²) in [5.74, 6) is 3.56. The fourth-order valence-corrected chi connectivity index (χ4v) is 6.06. The van der Waals surface area contributed by atoms with E-state index in [1.54, 1.807) is 0 Å². The molecule has 1 aliphatic carbocycles. The van der Waals surface area contributed by atoms with Gasteiger partial charge in [0, 0.05) is 30.0 Å². The van der Waals surface area contributed by atoms with E-state index in [4.69, 9.17) is 21.9 Å². The summed E-state index contributed by atoms with van der Waals surface area (Å²) in [6.07, 6.45) is 5.60. The van der Waals surface area contributed by atoms with Gasteiger partial charge in [-0.1, -0.05) is 61.9 Å². The SMILES string of the molecule is C=C.CC#CCCCC.NCCCCC(NC(=O)OCC1c2ccccc2-c2ccccc21)C(=O)NC(CCCCNC(=O)c1ccc(C(N)=O)cc1)C(N)=O. The number of unbranched alkanes of at least 4 members (excludes halogenated alkanes) is 4. The molecule has 56 heavy (non-hydrogen) atoms. The maximum atomic E-state index is 13.3. The van der Waals surface area contributed by atoms with E-state index >= 15 is 0 Å². The van der Waals surface area contributed by atoms with Crippen LogP contribution in [0.25, 0.3) is 11.1 Å². The molecular formula is C44H58N6O6. The molecule has 2 atom stereocenters. The van der Waals surface area contributed by atoms with E-state index in [1.165, 1.54) is 37.1 Å². The second-order valence-corrected chi connectivity index (χ2v) is 13.0. The van der Waals surface area contributed by atoms with E-state index in [1.807, 2.05) is 55.5 Å². The van der Waals surface area contributed by atoms with Gasteiger partial charge in [-0.05, 0) is 105 Å². The molecule has 12 nitrogen and oxygen atoms in total. The van der Waals surface area contributed by atoms with Gasteiger partial charge in [-0.2, -0.15) is 0 Å². The molecule has 4 rings (SSSR count). The summed E-state index contributed by atoms with van der Waals surface area (Å²) in [5, 5.41) is 8.11. The predicted octanol–water partition coefficient (Wildman–Crippen LogP) is 5.69. The minimum atomic E-state index is -0.971. The number of nitrogens with one attached hydrogen (secondary N) is 3. The van der Waals surface area contributed by atoms with Crippen LogP contribution in [-0.2, 0) is 14.3 Å². The zero-order valence-electron chi connectivity index (χ0n) is 32.7. The summed E-state index contributed by atoms with van der Waals surface area (Å²) in [5.41, 5.74) is 21.5. The molecule has 12 heteroatoms. The van der Waals surface area contributed by atoms with Crippen molar-refractivity contribution in [3.05, 3.63) is 108 Å². The Labute approximate surface area is 331 Å². The summed E-state index contributed by atoms with van der Waals surface area (Å²) in [4.78, 5) is 62.0. The first-order valence-corrected chi connectivity index (χ1v) is 19.1. The van der Waals surface area contributed by atoms with Gasteiger partial charge in [-0.3, -0.25) is 19.2 Å². The predicted molar refractivity (Wildman–Crippen MR) is 221 cm³/mol. The quantitative estimate of drug-likeness (QED) is 0.0510. The molecule has 0 spiro atoms. The average Bonchev–Trinajstić information content (AvgIpc) is 3.53. The number of benzene rings is 3. The highest BCUT2D eigenvalue weighted by molar-refractivity contribution is 5.97. The second-order valence-electron chi connectivity index (χ2n) is 13.0. The van der Waals surface area contributed by atoms with Crippen molar-refractivity contribution in [1.82, 2.24) is 16.0 Å². The molecular weight excluding hydrogens is 709 g/mol. The minimum absolute atomic E-state index is 0.0934. The Morgan fingerprint density at radius 1 is 0.768 bits per heavy atom. The van der Waals surface area contributed by atoms with E-state index < -0.39 is 35.9 Å². The first-order chi connectivity index (χ1) is 27.1. The lowest BCUT2D eigenvalue weighted by molar-refractivity contribution is -0.128. The highest BCUT2D eigenvalue weighted by atomic mass is 16.5. The highest BCUT2D eigenvalue weighted by Crippen LogP contribution is 2.44. The largest absolute Gasteiger partial charge is 0.449 e. The van der Waals surface area contributed by atoms with Crippen LogP contribution in [0.15, 0.2) is 86.0 Å². The lowest BCUT2D eigenvalue weighted by Crippen LogP contribution is -2.53. The number of fused-ring (bicyclic) bond motifs is 3. The Morgan fingerprint density at radius 3 is 1.89 bits per heavy atom. The molecule has 2 unspecified atom stereocenters. The number of carbonyl (C=O) groups excluding carboxylic acids is 5. The molecule has 300 valence electrons. The van der Waals surface area contributed by atoms with Crippen molar-refractivity contribution >= 4 is 29.7 Å². The molecule has 3 aromatic carbocycles. The number of alkyl carbamates (subject to hydrolysis) is 1. The molecule has 0 fully saturated rings. The van der Waals surface area contributed by atoms with Crippen LogP contribution in [0.2, 0.25) is 0 Å². The van der Waals surface area contributed by atoms with Crippen LogP contribution < -0.4 is 33.2 Å². The lowest BCUT2D eigenvalue weighted by Gasteiger charge is -2.22. The molecule has 0 heterocycles. The van der Waals surface area contributed by atoms with Crippen molar-refractivity contribution < 1.29 is 28.7 Å². The Morgan fingerprint density at radius 2 is 1.34 bits per heavy atom. The van der Waals surface area contributed by atoms with Gasteiger partial charge in [0.25, 0.3) is 5.91 Å². The monoisotopic (exact) mass is 766 g/mol. The summed E-state index contributed by atoms with van der Waals surface area (Å²) >= 11 is 0. The van der Waals surface area contributed by atoms with Crippen molar-refractivity contribution in [2.24, 2.45) is 17.2 Å². The van der Waals surface area contributed by atoms with Crippen LogP contribution >= 0.6 is 0 Å². The maximum Gasteiger partial charge on any atom is 0.407 e.